The molecule has 1 N–H and O–H groups in total. The van der Waals surface area contributed by atoms with Crippen LogP contribution in [0.15, 0.2) is 16.7 Å². The van der Waals surface area contributed by atoms with Gasteiger partial charge in [-0.05, 0) is 38.8 Å². The number of nitrogens with zero attached hydrogens (tertiary/aromatic N) is 1. The molecule has 1 aromatic rings. The summed E-state index contributed by atoms with van der Waals surface area (Å²) in [5.74, 6) is 1.07. The molecule has 19 heavy (non-hydrogen) atoms. The van der Waals surface area contributed by atoms with E-state index >= 15 is 0 Å². The monoisotopic (exact) mass is 264 g/mol. The summed E-state index contributed by atoms with van der Waals surface area (Å²) < 4.78 is 11.1. The van der Waals surface area contributed by atoms with Gasteiger partial charge in [-0.2, -0.15) is 0 Å². The SMILES string of the molecule is CN(Cc1cc(CNC2CC2)co1)C1CCOCC1. The molecule has 1 saturated carbocycles. The lowest BCUT2D eigenvalue weighted by Gasteiger charge is -2.30. The summed E-state index contributed by atoms with van der Waals surface area (Å²) in [4.78, 5) is 2.39. The zero-order valence-corrected chi connectivity index (χ0v) is 11.7. The summed E-state index contributed by atoms with van der Waals surface area (Å²) >= 11 is 0. The van der Waals surface area contributed by atoms with Crippen molar-refractivity contribution >= 4 is 0 Å². The van der Waals surface area contributed by atoms with E-state index in [1.54, 1.807) is 0 Å². The molecule has 0 unspecified atom stereocenters. The largest absolute Gasteiger partial charge is 0.468 e. The molecule has 0 amide bonds. The predicted octanol–water partition coefficient (Wildman–Crippen LogP) is 2.14. The Balaban J connectivity index is 1.47. The highest BCUT2D eigenvalue weighted by atomic mass is 16.5. The third-order valence-corrected chi connectivity index (χ3v) is 4.10. The Morgan fingerprint density at radius 1 is 1.26 bits per heavy atom. The van der Waals surface area contributed by atoms with E-state index < -0.39 is 0 Å². The molecule has 1 saturated heterocycles. The lowest BCUT2D eigenvalue weighted by Crippen LogP contribution is -2.36. The first-order chi connectivity index (χ1) is 9.31. The van der Waals surface area contributed by atoms with Gasteiger partial charge >= 0.3 is 0 Å². The molecule has 1 aromatic heterocycles. The fourth-order valence-corrected chi connectivity index (χ4v) is 2.65. The van der Waals surface area contributed by atoms with Crippen molar-refractivity contribution in [1.29, 1.82) is 0 Å². The molecule has 2 heterocycles. The van der Waals surface area contributed by atoms with Gasteiger partial charge in [0, 0.05) is 37.4 Å². The van der Waals surface area contributed by atoms with E-state index in [0.29, 0.717) is 6.04 Å². The Morgan fingerprint density at radius 2 is 2.05 bits per heavy atom. The lowest BCUT2D eigenvalue weighted by atomic mass is 10.1. The minimum Gasteiger partial charge on any atom is -0.468 e. The van der Waals surface area contributed by atoms with Crippen LogP contribution in [0.4, 0.5) is 0 Å². The van der Waals surface area contributed by atoms with Crippen LogP contribution >= 0.6 is 0 Å². The van der Waals surface area contributed by atoms with Crippen LogP contribution in [-0.2, 0) is 17.8 Å². The Hall–Kier alpha value is -0.840. The second kappa shape index (κ2) is 6.07. The first kappa shape index (κ1) is 13.2. The van der Waals surface area contributed by atoms with Crippen molar-refractivity contribution in [3.8, 4) is 0 Å². The molecule has 0 atom stereocenters. The van der Waals surface area contributed by atoms with Crippen LogP contribution in [0.1, 0.15) is 37.0 Å². The van der Waals surface area contributed by atoms with E-state index in [0.717, 1.165) is 50.9 Å². The van der Waals surface area contributed by atoms with Gasteiger partial charge in [0.1, 0.15) is 5.76 Å². The molecule has 0 spiro atoms. The molecular weight excluding hydrogens is 240 g/mol. The summed E-state index contributed by atoms with van der Waals surface area (Å²) in [6.45, 7) is 3.62. The minimum atomic E-state index is 0.631. The highest BCUT2D eigenvalue weighted by Crippen LogP contribution is 2.20. The van der Waals surface area contributed by atoms with Crippen LogP contribution in [0.25, 0.3) is 0 Å². The zero-order chi connectivity index (χ0) is 13.1. The summed E-state index contributed by atoms with van der Waals surface area (Å²) in [6.07, 6.45) is 6.82. The molecule has 0 radical (unpaired) electrons. The van der Waals surface area contributed by atoms with Crippen LogP contribution in [0.2, 0.25) is 0 Å². The molecular formula is C15H24N2O2. The van der Waals surface area contributed by atoms with Gasteiger partial charge < -0.3 is 14.5 Å². The predicted molar refractivity (Wildman–Crippen MR) is 73.9 cm³/mol. The van der Waals surface area contributed by atoms with E-state index in [9.17, 15) is 0 Å². The lowest BCUT2D eigenvalue weighted by molar-refractivity contribution is 0.0387. The van der Waals surface area contributed by atoms with Crippen molar-refractivity contribution in [1.82, 2.24) is 10.2 Å². The van der Waals surface area contributed by atoms with Crippen molar-refractivity contribution in [3.05, 3.63) is 23.7 Å². The maximum Gasteiger partial charge on any atom is 0.118 e. The van der Waals surface area contributed by atoms with Crippen molar-refractivity contribution < 1.29 is 9.15 Å². The Morgan fingerprint density at radius 3 is 2.79 bits per heavy atom. The normalized spacial score (nSPS) is 21.2. The third kappa shape index (κ3) is 3.81. The standard InChI is InChI=1S/C15H24N2O2/c1-17(14-4-6-18-7-5-14)10-15-8-12(11-19-15)9-16-13-2-3-13/h8,11,13-14,16H,2-7,9-10H2,1H3. The van der Waals surface area contributed by atoms with E-state index in [4.69, 9.17) is 9.15 Å². The zero-order valence-electron chi connectivity index (χ0n) is 11.7. The van der Waals surface area contributed by atoms with Gasteiger partial charge in [-0.15, -0.1) is 0 Å². The molecule has 0 bridgehead atoms. The highest BCUT2D eigenvalue weighted by Gasteiger charge is 2.21. The Labute approximate surface area is 115 Å². The first-order valence-corrected chi connectivity index (χ1v) is 7.39. The summed E-state index contributed by atoms with van der Waals surface area (Å²) in [7, 11) is 2.18. The summed E-state index contributed by atoms with van der Waals surface area (Å²) in [5, 5.41) is 3.51. The maximum absolute atomic E-state index is 5.67. The molecule has 0 aromatic carbocycles. The number of ether oxygens (including phenoxy) is 1. The topological polar surface area (TPSA) is 37.6 Å². The van der Waals surface area contributed by atoms with Gasteiger partial charge in [0.25, 0.3) is 0 Å². The van der Waals surface area contributed by atoms with Crippen LogP contribution in [-0.4, -0.2) is 37.2 Å². The fraction of sp³-hybridized carbons (Fsp3) is 0.733. The smallest absolute Gasteiger partial charge is 0.118 e. The second-order valence-electron chi connectivity index (χ2n) is 5.84. The highest BCUT2D eigenvalue weighted by molar-refractivity contribution is 5.13. The number of hydrogen-bond donors (Lipinski definition) is 1. The van der Waals surface area contributed by atoms with E-state index in [-0.39, 0.29) is 0 Å². The van der Waals surface area contributed by atoms with Crippen molar-refractivity contribution in [2.24, 2.45) is 0 Å². The van der Waals surface area contributed by atoms with Gasteiger partial charge in [-0.25, -0.2) is 0 Å². The van der Waals surface area contributed by atoms with E-state index in [2.05, 4.69) is 23.3 Å². The number of rotatable bonds is 6. The van der Waals surface area contributed by atoms with Crippen molar-refractivity contribution in [2.45, 2.75) is 50.9 Å². The first-order valence-electron chi connectivity index (χ1n) is 7.39. The Kier molecular flexibility index (Phi) is 4.21. The van der Waals surface area contributed by atoms with Crippen molar-refractivity contribution in [2.75, 3.05) is 20.3 Å². The van der Waals surface area contributed by atoms with Crippen molar-refractivity contribution in [3.63, 3.8) is 0 Å². The molecule has 106 valence electrons. The second-order valence-corrected chi connectivity index (χ2v) is 5.84. The minimum absolute atomic E-state index is 0.631. The van der Waals surface area contributed by atoms with Gasteiger partial charge in [0.05, 0.1) is 12.8 Å². The summed E-state index contributed by atoms with van der Waals surface area (Å²) in [6, 6.07) is 3.57. The number of nitrogens with one attached hydrogen (secondary N) is 1. The molecule has 1 aliphatic heterocycles. The van der Waals surface area contributed by atoms with Crippen LogP contribution in [0.3, 0.4) is 0 Å². The van der Waals surface area contributed by atoms with Gasteiger partial charge in [-0.3, -0.25) is 4.90 Å². The number of hydrogen-bond acceptors (Lipinski definition) is 4. The third-order valence-electron chi connectivity index (χ3n) is 4.10. The quantitative estimate of drug-likeness (QED) is 0.854. The van der Waals surface area contributed by atoms with E-state index in [1.165, 1.54) is 18.4 Å². The molecule has 2 fully saturated rings. The molecule has 4 nitrogen and oxygen atoms in total. The molecule has 1 aliphatic carbocycles. The average Bonchev–Trinajstić information content (AvgIpc) is 3.17. The molecule has 4 heteroatoms. The van der Waals surface area contributed by atoms with Gasteiger partial charge in [0.2, 0.25) is 0 Å². The van der Waals surface area contributed by atoms with E-state index in [1.807, 2.05) is 6.26 Å². The summed E-state index contributed by atoms with van der Waals surface area (Å²) in [5.41, 5.74) is 1.27. The van der Waals surface area contributed by atoms with Crippen LogP contribution in [0.5, 0.6) is 0 Å². The maximum atomic E-state index is 5.67. The molecule has 2 aliphatic rings. The van der Waals surface area contributed by atoms with Crippen LogP contribution < -0.4 is 5.32 Å². The molecule has 3 rings (SSSR count). The average molecular weight is 264 g/mol. The van der Waals surface area contributed by atoms with Crippen LogP contribution in [0, 0.1) is 0 Å². The number of furan rings is 1. The van der Waals surface area contributed by atoms with Gasteiger partial charge in [0.15, 0.2) is 0 Å². The fourth-order valence-electron chi connectivity index (χ4n) is 2.65. The van der Waals surface area contributed by atoms with Gasteiger partial charge in [-0.1, -0.05) is 0 Å². The Bertz CT molecular complexity index is 395.